The number of rotatable bonds is 47. The van der Waals surface area contributed by atoms with E-state index in [-0.39, 0.29) is 18.5 Å². The Kier molecular flexibility index (Phi) is 46.4. The zero-order valence-corrected chi connectivity index (χ0v) is 34.4. The molecule has 0 amide bonds. The van der Waals surface area contributed by atoms with E-state index in [4.69, 9.17) is 52.1 Å². The van der Waals surface area contributed by atoms with Gasteiger partial charge in [-0.2, -0.15) is 0 Å². The average Bonchev–Trinajstić information content (AvgIpc) is 3.17. The van der Waals surface area contributed by atoms with Gasteiger partial charge >= 0.3 is 5.97 Å². The smallest absolute Gasteiger partial charge is 0.308 e. The minimum Gasteiger partial charge on any atom is -0.463 e. The molecule has 0 bridgehead atoms. The molecule has 0 spiro atoms. The summed E-state index contributed by atoms with van der Waals surface area (Å²) in [6.07, 6.45) is 18.7. The van der Waals surface area contributed by atoms with Crippen LogP contribution in [-0.4, -0.2) is 145 Å². The molecule has 1 atom stereocenters. The lowest BCUT2D eigenvalue weighted by molar-refractivity contribution is -0.150. The third-order valence-corrected chi connectivity index (χ3v) is 8.44. The first-order valence-electron chi connectivity index (χ1n) is 21.2. The summed E-state index contributed by atoms with van der Waals surface area (Å²) in [6.45, 7) is 17.4. The van der Waals surface area contributed by atoms with Gasteiger partial charge in [0.1, 0.15) is 6.61 Å². The number of hydrogen-bond donors (Lipinski definition) is 0. The van der Waals surface area contributed by atoms with Crippen molar-refractivity contribution in [3.05, 3.63) is 0 Å². The molecule has 0 aliphatic heterocycles. The molecule has 0 N–H and O–H groups in total. The molecule has 0 saturated heterocycles. The highest BCUT2D eigenvalue weighted by Crippen LogP contribution is 2.14. The van der Waals surface area contributed by atoms with Gasteiger partial charge in [-0.3, -0.25) is 4.79 Å². The van der Waals surface area contributed by atoms with E-state index in [1.165, 1.54) is 64.2 Å². The Morgan fingerprint density at radius 1 is 0.321 bits per heavy atom. The highest BCUT2D eigenvalue weighted by atomic mass is 16.6. The van der Waals surface area contributed by atoms with Crippen LogP contribution in [0.5, 0.6) is 0 Å². The molecule has 0 aliphatic rings. The minimum absolute atomic E-state index is 0.00134. The fourth-order valence-electron chi connectivity index (χ4n) is 5.21. The van der Waals surface area contributed by atoms with Gasteiger partial charge in [-0.05, 0) is 19.3 Å². The Morgan fingerprint density at radius 3 is 0.887 bits per heavy atom. The van der Waals surface area contributed by atoms with Gasteiger partial charge in [0, 0.05) is 6.61 Å². The van der Waals surface area contributed by atoms with Crippen molar-refractivity contribution in [2.24, 2.45) is 5.92 Å². The Labute approximate surface area is 324 Å². The predicted molar refractivity (Wildman–Crippen MR) is 209 cm³/mol. The molecule has 318 valence electrons. The molecule has 0 saturated carbocycles. The predicted octanol–water partition coefficient (Wildman–Crippen LogP) is 7.22. The summed E-state index contributed by atoms with van der Waals surface area (Å²) in [5.74, 6) is -0.118. The molecular weight excluding hydrogens is 684 g/mol. The van der Waals surface area contributed by atoms with E-state index in [2.05, 4.69) is 13.8 Å². The SMILES string of the molecule is CCCCCCCCCCCCCOCCOCCOCCOCCOCCOCCOCCOCCOCCOCCOC(=O)C(CC)CCCC. The molecule has 0 radical (unpaired) electrons. The topological polar surface area (TPSA) is 119 Å². The Hall–Kier alpha value is -0.930. The van der Waals surface area contributed by atoms with Crippen LogP contribution in [0, 0.1) is 5.92 Å². The first-order valence-corrected chi connectivity index (χ1v) is 21.2. The van der Waals surface area contributed by atoms with E-state index in [9.17, 15) is 4.79 Å². The highest BCUT2D eigenvalue weighted by Gasteiger charge is 2.17. The van der Waals surface area contributed by atoms with E-state index in [1.54, 1.807) is 0 Å². The maximum atomic E-state index is 12.0. The third kappa shape index (κ3) is 43.7. The van der Waals surface area contributed by atoms with E-state index in [0.29, 0.717) is 126 Å². The van der Waals surface area contributed by atoms with Crippen LogP contribution in [0.15, 0.2) is 0 Å². The molecule has 0 fully saturated rings. The van der Waals surface area contributed by atoms with Crippen LogP contribution >= 0.6 is 0 Å². The molecular formula is C41H82O12. The zero-order chi connectivity index (χ0) is 38.4. The molecule has 53 heavy (non-hydrogen) atoms. The largest absolute Gasteiger partial charge is 0.463 e. The summed E-state index contributed by atoms with van der Waals surface area (Å²) < 4.78 is 60.5. The van der Waals surface area contributed by atoms with Crippen LogP contribution < -0.4 is 0 Å². The Bertz CT molecular complexity index is 687. The number of carbonyl (C=O) groups is 1. The first-order chi connectivity index (χ1) is 26.3. The van der Waals surface area contributed by atoms with E-state index in [1.807, 2.05) is 6.92 Å². The van der Waals surface area contributed by atoms with Crippen LogP contribution in [0.2, 0.25) is 0 Å². The van der Waals surface area contributed by atoms with Crippen molar-refractivity contribution < 1.29 is 56.9 Å². The molecule has 0 aromatic heterocycles. The lowest BCUT2D eigenvalue weighted by Crippen LogP contribution is -2.20. The van der Waals surface area contributed by atoms with Crippen molar-refractivity contribution in [2.75, 3.05) is 139 Å². The molecule has 1 unspecified atom stereocenters. The van der Waals surface area contributed by atoms with Gasteiger partial charge in [0.25, 0.3) is 0 Å². The number of ether oxygens (including phenoxy) is 11. The molecule has 12 nitrogen and oxygen atoms in total. The third-order valence-electron chi connectivity index (χ3n) is 8.44. The highest BCUT2D eigenvalue weighted by molar-refractivity contribution is 5.72. The maximum Gasteiger partial charge on any atom is 0.308 e. The summed E-state index contributed by atoms with van der Waals surface area (Å²) in [5, 5.41) is 0. The van der Waals surface area contributed by atoms with Crippen LogP contribution in [0.25, 0.3) is 0 Å². The minimum atomic E-state index is -0.117. The van der Waals surface area contributed by atoms with Crippen molar-refractivity contribution in [1.29, 1.82) is 0 Å². The average molecular weight is 767 g/mol. The van der Waals surface area contributed by atoms with Crippen molar-refractivity contribution in [3.8, 4) is 0 Å². The van der Waals surface area contributed by atoms with E-state index >= 15 is 0 Å². The van der Waals surface area contributed by atoms with Crippen molar-refractivity contribution in [2.45, 2.75) is 117 Å². The van der Waals surface area contributed by atoms with Gasteiger partial charge in [-0.1, -0.05) is 97.8 Å². The monoisotopic (exact) mass is 767 g/mol. The van der Waals surface area contributed by atoms with Crippen LogP contribution in [0.4, 0.5) is 0 Å². The summed E-state index contributed by atoms with van der Waals surface area (Å²) >= 11 is 0. The number of esters is 1. The van der Waals surface area contributed by atoms with Crippen molar-refractivity contribution in [1.82, 2.24) is 0 Å². The molecule has 0 rings (SSSR count). The zero-order valence-electron chi connectivity index (χ0n) is 34.4. The summed E-state index contributed by atoms with van der Waals surface area (Å²) in [7, 11) is 0. The fraction of sp³-hybridized carbons (Fsp3) is 0.976. The first kappa shape index (κ1) is 52.1. The van der Waals surface area contributed by atoms with Gasteiger partial charge in [0.05, 0.1) is 131 Å². The quantitative estimate of drug-likeness (QED) is 0.0460. The number of hydrogen-bond acceptors (Lipinski definition) is 12. The van der Waals surface area contributed by atoms with Gasteiger partial charge < -0.3 is 52.1 Å². The van der Waals surface area contributed by atoms with Crippen molar-refractivity contribution >= 4 is 5.97 Å². The molecule has 12 heteroatoms. The summed E-state index contributed by atoms with van der Waals surface area (Å²) in [4.78, 5) is 12.0. The van der Waals surface area contributed by atoms with E-state index in [0.717, 1.165) is 38.7 Å². The Balaban J connectivity index is 3.12. The summed E-state index contributed by atoms with van der Waals surface area (Å²) in [6, 6.07) is 0. The lowest BCUT2D eigenvalue weighted by Gasteiger charge is -2.13. The molecule has 0 aromatic rings. The van der Waals surface area contributed by atoms with Crippen LogP contribution in [0.1, 0.15) is 117 Å². The van der Waals surface area contributed by atoms with Crippen molar-refractivity contribution in [3.63, 3.8) is 0 Å². The Morgan fingerprint density at radius 2 is 0.585 bits per heavy atom. The lowest BCUT2D eigenvalue weighted by atomic mass is 10.00. The number of carbonyl (C=O) groups excluding carboxylic acids is 1. The fourth-order valence-corrected chi connectivity index (χ4v) is 5.21. The standard InChI is InChI=1S/C41H82O12/c1-4-7-9-10-11-12-13-14-15-16-17-19-43-20-21-44-22-23-45-24-25-46-26-27-47-28-29-48-30-31-49-32-33-50-34-35-51-36-37-52-38-39-53-41(42)40(6-3)18-8-5-2/h40H,4-39H2,1-3H3. The van der Waals surface area contributed by atoms with Crippen LogP contribution in [0.3, 0.4) is 0 Å². The van der Waals surface area contributed by atoms with Gasteiger partial charge in [-0.15, -0.1) is 0 Å². The second-order valence-electron chi connectivity index (χ2n) is 13.1. The summed E-state index contributed by atoms with van der Waals surface area (Å²) in [5.41, 5.74) is 0. The molecule has 0 heterocycles. The van der Waals surface area contributed by atoms with Gasteiger partial charge in [0.15, 0.2) is 0 Å². The number of unbranched alkanes of at least 4 members (excludes halogenated alkanes) is 11. The maximum absolute atomic E-state index is 12.0. The second-order valence-corrected chi connectivity index (χ2v) is 13.1. The molecule has 0 aromatic carbocycles. The van der Waals surface area contributed by atoms with E-state index < -0.39 is 0 Å². The second kappa shape index (κ2) is 47.2. The van der Waals surface area contributed by atoms with Gasteiger partial charge in [-0.25, -0.2) is 0 Å². The van der Waals surface area contributed by atoms with Crippen LogP contribution in [-0.2, 0) is 56.9 Å². The molecule has 0 aliphatic carbocycles. The normalized spacial score (nSPS) is 12.1. The van der Waals surface area contributed by atoms with Gasteiger partial charge in [0.2, 0.25) is 0 Å².